The summed E-state index contributed by atoms with van der Waals surface area (Å²) < 4.78 is 1.50. The lowest BCUT2D eigenvalue weighted by Crippen LogP contribution is -2.27. The standard InChI is InChI=1S/C13H16ClN5O/c14-10-7-18-19(8-9-1-2-9)13(20)12(10)17-4-3-11-15-5-6-16-11/h5-7,9,17H,1-4,8H2,(H,15,16). The third-order valence-electron chi connectivity index (χ3n) is 3.34. The smallest absolute Gasteiger partial charge is 0.291 e. The molecule has 1 aliphatic rings. The van der Waals surface area contributed by atoms with Crippen LogP contribution in [0.15, 0.2) is 23.4 Å². The van der Waals surface area contributed by atoms with Gasteiger partial charge in [0.05, 0.1) is 11.2 Å². The summed E-state index contributed by atoms with van der Waals surface area (Å²) >= 11 is 6.05. The third-order valence-corrected chi connectivity index (χ3v) is 3.63. The van der Waals surface area contributed by atoms with Gasteiger partial charge in [0.25, 0.3) is 5.56 Å². The molecular weight excluding hydrogens is 278 g/mol. The van der Waals surface area contributed by atoms with Gasteiger partial charge in [-0.3, -0.25) is 4.79 Å². The number of hydrogen-bond donors (Lipinski definition) is 2. The summed E-state index contributed by atoms with van der Waals surface area (Å²) in [5.74, 6) is 1.47. The van der Waals surface area contributed by atoms with Gasteiger partial charge in [0, 0.05) is 31.9 Å². The van der Waals surface area contributed by atoms with Crippen LogP contribution in [0, 0.1) is 5.92 Å². The Bertz CT molecular complexity index is 633. The molecule has 106 valence electrons. The predicted molar refractivity (Wildman–Crippen MR) is 77.0 cm³/mol. The van der Waals surface area contributed by atoms with Gasteiger partial charge in [-0.1, -0.05) is 11.6 Å². The molecule has 7 heteroatoms. The van der Waals surface area contributed by atoms with Crippen molar-refractivity contribution in [2.75, 3.05) is 11.9 Å². The maximum atomic E-state index is 12.3. The molecule has 6 nitrogen and oxygen atoms in total. The molecule has 0 amide bonds. The van der Waals surface area contributed by atoms with E-state index in [1.807, 2.05) is 0 Å². The quantitative estimate of drug-likeness (QED) is 0.850. The summed E-state index contributed by atoms with van der Waals surface area (Å²) in [4.78, 5) is 19.4. The van der Waals surface area contributed by atoms with E-state index in [1.54, 1.807) is 12.4 Å². The minimum atomic E-state index is -0.149. The van der Waals surface area contributed by atoms with Gasteiger partial charge in [0.1, 0.15) is 11.5 Å². The number of H-pyrrole nitrogens is 1. The summed E-state index contributed by atoms with van der Waals surface area (Å²) in [5.41, 5.74) is 0.276. The number of aromatic amines is 1. The number of imidazole rings is 1. The van der Waals surface area contributed by atoms with Crippen molar-refractivity contribution >= 4 is 17.3 Å². The molecule has 2 aromatic rings. The normalized spacial score (nSPS) is 14.4. The van der Waals surface area contributed by atoms with Gasteiger partial charge in [-0.2, -0.15) is 5.10 Å². The first-order chi connectivity index (χ1) is 9.74. The maximum Gasteiger partial charge on any atom is 0.291 e. The Balaban J connectivity index is 1.69. The molecule has 2 N–H and O–H groups in total. The topological polar surface area (TPSA) is 75.6 Å². The fourth-order valence-corrected chi connectivity index (χ4v) is 2.24. The Labute approximate surface area is 121 Å². The van der Waals surface area contributed by atoms with Gasteiger partial charge >= 0.3 is 0 Å². The first-order valence-corrected chi connectivity index (χ1v) is 7.09. The second kappa shape index (κ2) is 5.66. The molecule has 0 saturated heterocycles. The van der Waals surface area contributed by atoms with Crippen LogP contribution >= 0.6 is 11.6 Å². The van der Waals surface area contributed by atoms with Gasteiger partial charge < -0.3 is 10.3 Å². The molecule has 0 unspecified atom stereocenters. The second-order valence-electron chi connectivity index (χ2n) is 5.01. The third kappa shape index (κ3) is 3.01. The van der Waals surface area contributed by atoms with Crippen LogP contribution in [0.2, 0.25) is 5.02 Å². The van der Waals surface area contributed by atoms with E-state index < -0.39 is 0 Å². The molecule has 0 spiro atoms. The zero-order chi connectivity index (χ0) is 13.9. The number of nitrogens with one attached hydrogen (secondary N) is 2. The van der Waals surface area contributed by atoms with E-state index in [4.69, 9.17) is 11.6 Å². The van der Waals surface area contributed by atoms with Crippen LogP contribution in [0.5, 0.6) is 0 Å². The van der Waals surface area contributed by atoms with Crippen LogP contribution in [-0.2, 0) is 13.0 Å². The first-order valence-electron chi connectivity index (χ1n) is 6.72. The van der Waals surface area contributed by atoms with Crippen molar-refractivity contribution in [3.63, 3.8) is 0 Å². The average molecular weight is 294 g/mol. The minimum Gasteiger partial charge on any atom is -0.379 e. The molecule has 1 saturated carbocycles. The summed E-state index contributed by atoms with van der Waals surface area (Å²) in [6, 6.07) is 0. The fraction of sp³-hybridized carbons (Fsp3) is 0.462. The van der Waals surface area contributed by atoms with E-state index in [1.165, 1.54) is 23.7 Å². The molecule has 0 aliphatic heterocycles. The maximum absolute atomic E-state index is 12.3. The summed E-state index contributed by atoms with van der Waals surface area (Å²) in [7, 11) is 0. The van der Waals surface area contributed by atoms with Crippen LogP contribution in [0.4, 0.5) is 5.69 Å². The number of aromatic nitrogens is 4. The van der Waals surface area contributed by atoms with Crippen LogP contribution in [0.3, 0.4) is 0 Å². The zero-order valence-electron chi connectivity index (χ0n) is 11.0. The number of anilines is 1. The van der Waals surface area contributed by atoms with E-state index in [0.717, 1.165) is 5.82 Å². The molecule has 1 aliphatic carbocycles. The number of halogens is 1. The monoisotopic (exact) mass is 293 g/mol. The van der Waals surface area contributed by atoms with Gasteiger partial charge in [-0.15, -0.1) is 0 Å². The Hall–Kier alpha value is -1.82. The van der Waals surface area contributed by atoms with Crippen molar-refractivity contribution in [1.82, 2.24) is 19.7 Å². The van der Waals surface area contributed by atoms with Gasteiger partial charge in [0.2, 0.25) is 0 Å². The van der Waals surface area contributed by atoms with Crippen molar-refractivity contribution < 1.29 is 0 Å². The van der Waals surface area contributed by atoms with Crippen molar-refractivity contribution in [3.05, 3.63) is 39.8 Å². The molecule has 2 aromatic heterocycles. The molecule has 20 heavy (non-hydrogen) atoms. The van der Waals surface area contributed by atoms with E-state index >= 15 is 0 Å². The molecule has 0 bridgehead atoms. The van der Waals surface area contributed by atoms with Crippen LogP contribution < -0.4 is 10.9 Å². The van der Waals surface area contributed by atoms with Crippen LogP contribution in [0.1, 0.15) is 18.7 Å². The number of rotatable bonds is 6. The van der Waals surface area contributed by atoms with E-state index in [2.05, 4.69) is 20.4 Å². The van der Waals surface area contributed by atoms with Gasteiger partial charge in [-0.25, -0.2) is 9.67 Å². The highest BCUT2D eigenvalue weighted by Crippen LogP contribution is 2.30. The van der Waals surface area contributed by atoms with Crippen molar-refractivity contribution in [3.8, 4) is 0 Å². The second-order valence-corrected chi connectivity index (χ2v) is 5.42. The zero-order valence-corrected chi connectivity index (χ0v) is 11.7. The highest BCUT2D eigenvalue weighted by atomic mass is 35.5. The lowest BCUT2D eigenvalue weighted by molar-refractivity contribution is 0.534. The predicted octanol–water partition coefficient (Wildman–Crippen LogP) is 1.68. The highest BCUT2D eigenvalue weighted by Gasteiger charge is 2.23. The highest BCUT2D eigenvalue weighted by molar-refractivity contribution is 6.32. The molecular formula is C13H16ClN5O. The minimum absolute atomic E-state index is 0.149. The van der Waals surface area contributed by atoms with Crippen molar-refractivity contribution in [2.24, 2.45) is 5.92 Å². The summed E-state index contributed by atoms with van der Waals surface area (Å²) in [6.07, 6.45) is 8.07. The average Bonchev–Trinajstić information content (AvgIpc) is 3.10. The Morgan fingerprint density at radius 2 is 2.35 bits per heavy atom. The summed E-state index contributed by atoms with van der Waals surface area (Å²) in [5, 5.41) is 7.54. The molecule has 0 aromatic carbocycles. The van der Waals surface area contributed by atoms with Crippen molar-refractivity contribution in [1.29, 1.82) is 0 Å². The molecule has 0 radical (unpaired) electrons. The van der Waals surface area contributed by atoms with Crippen molar-refractivity contribution in [2.45, 2.75) is 25.8 Å². The Morgan fingerprint density at radius 3 is 3.05 bits per heavy atom. The summed E-state index contributed by atoms with van der Waals surface area (Å²) in [6.45, 7) is 1.28. The van der Waals surface area contributed by atoms with Crippen LogP contribution in [0.25, 0.3) is 0 Å². The first kappa shape index (κ1) is 13.2. The van der Waals surface area contributed by atoms with Crippen LogP contribution in [-0.4, -0.2) is 26.3 Å². The SMILES string of the molecule is O=c1c(NCCc2ncc[nH]2)c(Cl)cnn1CC1CC1. The fourth-order valence-electron chi connectivity index (χ4n) is 2.04. The van der Waals surface area contributed by atoms with E-state index in [0.29, 0.717) is 36.1 Å². The molecule has 3 rings (SSSR count). The largest absolute Gasteiger partial charge is 0.379 e. The lowest BCUT2D eigenvalue weighted by atomic mass is 10.3. The van der Waals surface area contributed by atoms with E-state index in [9.17, 15) is 4.79 Å². The van der Waals surface area contributed by atoms with E-state index in [-0.39, 0.29) is 5.56 Å². The lowest BCUT2D eigenvalue weighted by Gasteiger charge is -2.09. The molecule has 0 atom stereocenters. The number of hydrogen-bond acceptors (Lipinski definition) is 4. The Morgan fingerprint density at radius 1 is 1.50 bits per heavy atom. The molecule has 2 heterocycles. The number of nitrogens with zero attached hydrogens (tertiary/aromatic N) is 3. The molecule has 1 fully saturated rings. The van der Waals surface area contributed by atoms with Gasteiger partial charge in [-0.05, 0) is 18.8 Å². The van der Waals surface area contributed by atoms with Gasteiger partial charge in [0.15, 0.2) is 0 Å². The Kier molecular flexibility index (Phi) is 3.73.